The maximum absolute atomic E-state index is 12.9. The van der Waals surface area contributed by atoms with Crippen LogP contribution in [0.1, 0.15) is 28.7 Å². The zero-order chi connectivity index (χ0) is 20.0. The van der Waals surface area contributed by atoms with Crippen LogP contribution in [0.3, 0.4) is 0 Å². The van der Waals surface area contributed by atoms with E-state index in [1.807, 2.05) is 19.1 Å². The highest BCUT2D eigenvalue weighted by Crippen LogP contribution is 2.32. The van der Waals surface area contributed by atoms with Gasteiger partial charge < -0.3 is 0 Å². The molecule has 1 aliphatic heterocycles. The fraction of sp³-hybridized carbons (Fsp3) is 0.368. The van der Waals surface area contributed by atoms with Gasteiger partial charge >= 0.3 is 0 Å². The van der Waals surface area contributed by atoms with E-state index in [1.165, 1.54) is 10.6 Å². The molecule has 0 aromatic heterocycles. The van der Waals surface area contributed by atoms with Crippen molar-refractivity contribution in [1.29, 1.82) is 0 Å². The predicted molar refractivity (Wildman–Crippen MR) is 108 cm³/mol. The van der Waals surface area contributed by atoms with E-state index in [1.54, 1.807) is 32.0 Å². The van der Waals surface area contributed by atoms with Gasteiger partial charge in [-0.1, -0.05) is 17.7 Å². The number of aryl methyl sites for hydroxylation is 4. The van der Waals surface area contributed by atoms with Crippen LogP contribution in [-0.2, 0) is 26.5 Å². The third kappa shape index (κ3) is 3.96. The summed E-state index contributed by atoms with van der Waals surface area (Å²) in [5, 5.41) is 0. The van der Waals surface area contributed by atoms with E-state index < -0.39 is 20.0 Å². The lowest BCUT2D eigenvalue weighted by Gasteiger charge is -2.29. The second-order valence-electron chi connectivity index (χ2n) is 7.12. The molecule has 1 N–H and O–H groups in total. The van der Waals surface area contributed by atoms with Gasteiger partial charge in [-0.25, -0.2) is 16.8 Å². The molecular formula is C19H24N2O4S2. The van der Waals surface area contributed by atoms with Crippen molar-refractivity contribution in [2.45, 2.75) is 38.5 Å². The fourth-order valence-corrected chi connectivity index (χ4v) is 6.27. The summed E-state index contributed by atoms with van der Waals surface area (Å²) in [5.74, 6) is 0. The van der Waals surface area contributed by atoms with Crippen molar-refractivity contribution in [3.63, 3.8) is 0 Å². The Morgan fingerprint density at radius 3 is 2.19 bits per heavy atom. The number of rotatable bonds is 4. The summed E-state index contributed by atoms with van der Waals surface area (Å²) in [5.41, 5.74) is 4.28. The largest absolute Gasteiger partial charge is 0.280 e. The van der Waals surface area contributed by atoms with Crippen LogP contribution in [0.15, 0.2) is 35.2 Å². The molecule has 0 spiro atoms. The van der Waals surface area contributed by atoms with Gasteiger partial charge in [-0.05, 0) is 68.5 Å². The van der Waals surface area contributed by atoms with Crippen molar-refractivity contribution >= 4 is 31.4 Å². The van der Waals surface area contributed by atoms with E-state index >= 15 is 0 Å². The highest BCUT2D eigenvalue weighted by molar-refractivity contribution is 7.93. The van der Waals surface area contributed by atoms with E-state index in [9.17, 15) is 16.8 Å². The Bertz CT molecular complexity index is 1080. The number of benzene rings is 2. The Balaban J connectivity index is 1.98. The van der Waals surface area contributed by atoms with Crippen LogP contribution in [-0.4, -0.2) is 29.6 Å². The second kappa shape index (κ2) is 6.83. The molecule has 1 aliphatic rings. The monoisotopic (exact) mass is 408 g/mol. The number of nitrogens with one attached hydrogen (secondary N) is 1. The molecule has 8 heteroatoms. The number of fused-ring (bicyclic) bond motifs is 1. The number of hydrogen-bond donors (Lipinski definition) is 1. The molecule has 0 saturated carbocycles. The Hall–Kier alpha value is -2.06. The molecule has 0 radical (unpaired) electrons. The Kier molecular flexibility index (Phi) is 4.98. The van der Waals surface area contributed by atoms with Gasteiger partial charge in [0.2, 0.25) is 10.0 Å². The molecule has 6 nitrogen and oxygen atoms in total. The van der Waals surface area contributed by atoms with Gasteiger partial charge in [-0.15, -0.1) is 0 Å². The Labute approximate surface area is 161 Å². The maximum Gasteiger partial charge on any atom is 0.262 e. The van der Waals surface area contributed by atoms with Crippen LogP contribution in [0.5, 0.6) is 0 Å². The van der Waals surface area contributed by atoms with Gasteiger partial charge in [0.25, 0.3) is 10.0 Å². The van der Waals surface area contributed by atoms with Crippen LogP contribution in [0.25, 0.3) is 0 Å². The summed E-state index contributed by atoms with van der Waals surface area (Å²) in [6, 6.07) is 8.70. The third-order valence-electron chi connectivity index (χ3n) is 4.68. The van der Waals surface area contributed by atoms with Gasteiger partial charge in [0.1, 0.15) is 0 Å². The molecule has 3 rings (SSSR count). The molecule has 0 atom stereocenters. The molecule has 0 unspecified atom stereocenters. The lowest BCUT2D eigenvalue weighted by Crippen LogP contribution is -2.34. The molecule has 27 heavy (non-hydrogen) atoms. The van der Waals surface area contributed by atoms with Crippen LogP contribution in [0.2, 0.25) is 0 Å². The molecule has 0 aliphatic carbocycles. The average Bonchev–Trinajstić information content (AvgIpc) is 2.51. The standard InChI is InChI=1S/C19H24N2O4S2/c1-13-10-14(2)19(15(3)11-13)27(24,25)20-17-7-8-18-16(12-17)6-5-9-21(18)26(4,22)23/h7-8,10-12,20H,5-6,9H2,1-4H3. The van der Waals surface area contributed by atoms with Crippen LogP contribution in [0, 0.1) is 20.8 Å². The molecule has 146 valence electrons. The first kappa shape index (κ1) is 19.7. The zero-order valence-corrected chi connectivity index (χ0v) is 17.5. The first-order valence-electron chi connectivity index (χ1n) is 8.70. The number of nitrogens with zero attached hydrogens (tertiary/aromatic N) is 1. The van der Waals surface area contributed by atoms with E-state index in [0.717, 1.165) is 11.1 Å². The Morgan fingerprint density at radius 1 is 0.963 bits per heavy atom. The topological polar surface area (TPSA) is 83.6 Å². The maximum atomic E-state index is 12.9. The molecule has 2 aromatic carbocycles. The quantitative estimate of drug-likeness (QED) is 0.842. The first-order chi connectivity index (χ1) is 12.5. The third-order valence-corrected chi connectivity index (χ3v) is 7.55. The van der Waals surface area contributed by atoms with Gasteiger partial charge in [-0.2, -0.15) is 0 Å². The summed E-state index contributed by atoms with van der Waals surface area (Å²) in [4.78, 5) is 0.281. The molecule has 0 fully saturated rings. The van der Waals surface area contributed by atoms with Gasteiger partial charge in [0.05, 0.1) is 16.8 Å². The van der Waals surface area contributed by atoms with Crippen molar-refractivity contribution < 1.29 is 16.8 Å². The summed E-state index contributed by atoms with van der Waals surface area (Å²) in [7, 11) is -7.09. The summed E-state index contributed by atoms with van der Waals surface area (Å²) < 4.78 is 53.8. The highest BCUT2D eigenvalue weighted by Gasteiger charge is 2.25. The lowest BCUT2D eigenvalue weighted by atomic mass is 10.0. The molecular weight excluding hydrogens is 384 g/mol. The number of sulfonamides is 2. The zero-order valence-electron chi connectivity index (χ0n) is 15.9. The lowest BCUT2D eigenvalue weighted by molar-refractivity contribution is 0.592. The van der Waals surface area contributed by atoms with Gasteiger partial charge in [0.15, 0.2) is 0 Å². The Morgan fingerprint density at radius 2 is 1.59 bits per heavy atom. The van der Waals surface area contributed by atoms with E-state index in [2.05, 4.69) is 4.72 Å². The minimum atomic E-state index is -3.74. The van der Waals surface area contributed by atoms with E-state index in [0.29, 0.717) is 41.9 Å². The van der Waals surface area contributed by atoms with Crippen LogP contribution in [0.4, 0.5) is 11.4 Å². The average molecular weight is 409 g/mol. The van der Waals surface area contributed by atoms with Gasteiger partial charge in [0, 0.05) is 12.2 Å². The van der Waals surface area contributed by atoms with Gasteiger partial charge in [-0.3, -0.25) is 9.03 Å². The normalized spacial score (nSPS) is 14.7. The molecule has 1 heterocycles. The van der Waals surface area contributed by atoms with E-state index in [-0.39, 0.29) is 4.90 Å². The van der Waals surface area contributed by atoms with Crippen LogP contribution >= 0.6 is 0 Å². The number of anilines is 2. The summed E-state index contributed by atoms with van der Waals surface area (Å²) >= 11 is 0. The smallest absolute Gasteiger partial charge is 0.262 e. The molecule has 0 bridgehead atoms. The molecule has 0 saturated heterocycles. The first-order valence-corrected chi connectivity index (χ1v) is 12.0. The van der Waals surface area contributed by atoms with E-state index in [4.69, 9.17) is 0 Å². The predicted octanol–water partition coefficient (Wildman–Crippen LogP) is 3.12. The minimum Gasteiger partial charge on any atom is -0.280 e. The van der Waals surface area contributed by atoms with Crippen molar-refractivity contribution in [1.82, 2.24) is 0 Å². The molecule has 0 amide bonds. The minimum absolute atomic E-state index is 0.281. The highest BCUT2D eigenvalue weighted by atomic mass is 32.2. The van der Waals surface area contributed by atoms with Crippen molar-refractivity contribution in [2.75, 3.05) is 21.8 Å². The molecule has 2 aromatic rings. The second-order valence-corrected chi connectivity index (χ2v) is 10.6. The number of hydrogen-bond acceptors (Lipinski definition) is 4. The fourth-order valence-electron chi connectivity index (χ4n) is 3.77. The van der Waals surface area contributed by atoms with Crippen molar-refractivity contribution in [3.05, 3.63) is 52.6 Å². The SMILES string of the molecule is Cc1cc(C)c(S(=O)(=O)Nc2ccc3c(c2)CCCN3S(C)(=O)=O)c(C)c1. The van der Waals surface area contributed by atoms with Crippen molar-refractivity contribution in [3.8, 4) is 0 Å². The summed E-state index contributed by atoms with van der Waals surface area (Å²) in [6.07, 6.45) is 2.59. The van der Waals surface area contributed by atoms with Crippen molar-refractivity contribution in [2.24, 2.45) is 0 Å². The van der Waals surface area contributed by atoms with Crippen LogP contribution < -0.4 is 9.03 Å². The summed E-state index contributed by atoms with van der Waals surface area (Å²) in [6.45, 7) is 5.94.